The average Bonchev–Trinajstić information content (AvgIpc) is 2.95. The minimum Gasteiger partial charge on any atom is -0.0654 e. The number of aryl methyl sites for hydroxylation is 1. The van der Waals surface area contributed by atoms with Crippen molar-refractivity contribution in [3.63, 3.8) is 0 Å². The van der Waals surface area contributed by atoms with E-state index in [2.05, 4.69) is 91.9 Å². The molecular weight excluding hydrogens is 463 g/mol. The van der Waals surface area contributed by atoms with E-state index >= 15 is 0 Å². The van der Waals surface area contributed by atoms with Crippen LogP contribution in [-0.2, 0) is 6.42 Å². The summed E-state index contributed by atoms with van der Waals surface area (Å²) in [6.45, 7) is 2.30. The number of hydrogen-bond donors (Lipinski definition) is 0. The highest BCUT2D eigenvalue weighted by Crippen LogP contribution is 2.34. The second-order valence-electron chi connectivity index (χ2n) is 10.7. The van der Waals surface area contributed by atoms with Crippen LogP contribution in [0.4, 0.5) is 0 Å². The lowest BCUT2D eigenvalue weighted by Crippen LogP contribution is -2.23. The lowest BCUT2D eigenvalue weighted by Gasteiger charge is -2.22. The van der Waals surface area contributed by atoms with E-state index in [4.69, 9.17) is 0 Å². The van der Waals surface area contributed by atoms with E-state index in [0.29, 0.717) is 0 Å². The summed E-state index contributed by atoms with van der Waals surface area (Å²) in [5.41, 5.74) is 1.55. The van der Waals surface area contributed by atoms with Crippen LogP contribution >= 0.6 is 7.92 Å². The van der Waals surface area contributed by atoms with Crippen molar-refractivity contribution in [1.82, 2.24) is 0 Å². The van der Waals surface area contributed by atoms with E-state index in [1.807, 2.05) is 0 Å². The van der Waals surface area contributed by atoms with Crippen LogP contribution in [0.2, 0.25) is 0 Å². The molecule has 0 radical (unpaired) electrons. The fourth-order valence-corrected chi connectivity index (χ4v) is 7.89. The van der Waals surface area contributed by atoms with Gasteiger partial charge in [-0.05, 0) is 42.2 Å². The highest BCUT2D eigenvalue weighted by molar-refractivity contribution is 7.79. The van der Waals surface area contributed by atoms with Gasteiger partial charge in [0, 0.05) is 0 Å². The maximum absolute atomic E-state index is 2.38. The number of hydrogen-bond acceptors (Lipinski definition) is 0. The highest BCUT2D eigenvalue weighted by Gasteiger charge is 2.18. The van der Waals surface area contributed by atoms with Crippen molar-refractivity contribution in [1.29, 1.82) is 0 Å². The number of unbranched alkanes of at least 4 members (excludes halogenated alkanes) is 15. The monoisotopic (exact) mass is 514 g/mol. The van der Waals surface area contributed by atoms with Crippen molar-refractivity contribution in [3.8, 4) is 0 Å². The zero-order valence-corrected chi connectivity index (χ0v) is 24.4. The van der Waals surface area contributed by atoms with E-state index < -0.39 is 7.92 Å². The molecule has 0 saturated carbocycles. The van der Waals surface area contributed by atoms with E-state index in [1.54, 1.807) is 5.56 Å². The van der Waals surface area contributed by atoms with Gasteiger partial charge in [0.2, 0.25) is 0 Å². The van der Waals surface area contributed by atoms with Gasteiger partial charge in [-0.25, -0.2) is 0 Å². The third-order valence-electron chi connectivity index (χ3n) is 7.56. The molecule has 0 fully saturated rings. The number of rotatable bonds is 20. The van der Waals surface area contributed by atoms with Gasteiger partial charge < -0.3 is 0 Å². The second kappa shape index (κ2) is 19.2. The summed E-state index contributed by atoms with van der Waals surface area (Å²) >= 11 is 0. The smallest absolute Gasteiger partial charge is 0.0119 e. The van der Waals surface area contributed by atoms with Gasteiger partial charge in [-0.2, -0.15) is 0 Å². The predicted molar refractivity (Wildman–Crippen MR) is 168 cm³/mol. The third kappa shape index (κ3) is 11.6. The van der Waals surface area contributed by atoms with Crippen LogP contribution in [0.5, 0.6) is 0 Å². The van der Waals surface area contributed by atoms with E-state index in [0.717, 1.165) is 0 Å². The van der Waals surface area contributed by atoms with Crippen molar-refractivity contribution in [2.24, 2.45) is 0 Å². The molecule has 1 heteroatoms. The molecule has 37 heavy (non-hydrogen) atoms. The summed E-state index contributed by atoms with van der Waals surface area (Å²) in [5.74, 6) is 0. The third-order valence-corrected chi connectivity index (χ3v) is 10.1. The Hall–Kier alpha value is -1.91. The molecule has 3 rings (SSSR count). The molecule has 0 amide bonds. The fraction of sp³-hybridized carbons (Fsp3) is 0.500. The van der Waals surface area contributed by atoms with Crippen LogP contribution in [0.25, 0.3) is 0 Å². The molecule has 0 aliphatic rings. The van der Waals surface area contributed by atoms with Crippen LogP contribution in [0.1, 0.15) is 115 Å². The van der Waals surface area contributed by atoms with Crippen molar-refractivity contribution >= 4 is 23.8 Å². The van der Waals surface area contributed by atoms with Crippen LogP contribution in [0, 0.1) is 0 Å². The molecule has 0 unspecified atom stereocenters. The van der Waals surface area contributed by atoms with Crippen LogP contribution in [0.3, 0.4) is 0 Å². The summed E-state index contributed by atoms with van der Waals surface area (Å²) in [6.07, 6.45) is 24.0. The Morgan fingerprint density at radius 3 is 1.24 bits per heavy atom. The van der Waals surface area contributed by atoms with Crippen molar-refractivity contribution in [2.75, 3.05) is 0 Å². The normalized spacial score (nSPS) is 11.3. The Kier molecular flexibility index (Phi) is 15.4. The quantitative estimate of drug-likeness (QED) is 0.104. The van der Waals surface area contributed by atoms with Gasteiger partial charge in [-0.3, -0.25) is 0 Å². The first kappa shape index (κ1) is 29.6. The summed E-state index contributed by atoms with van der Waals surface area (Å²) < 4.78 is 0. The Labute approximate surface area is 230 Å². The molecule has 0 aliphatic carbocycles. The lowest BCUT2D eigenvalue weighted by atomic mass is 10.0. The standard InChI is InChI=1S/C36H51P/c1-2-3-4-5-6-7-8-9-10-11-12-13-14-15-16-19-26-33-27-24-25-32-36(33)37(34-28-20-17-21-29-34)35-30-22-18-23-31-35/h17-18,20-25,27-32H,2-16,19,26H2,1H3. The largest absolute Gasteiger partial charge is 0.0654 e. The van der Waals surface area contributed by atoms with Gasteiger partial charge in [0.05, 0.1) is 0 Å². The van der Waals surface area contributed by atoms with Gasteiger partial charge >= 0.3 is 0 Å². The Morgan fingerprint density at radius 2 is 0.784 bits per heavy atom. The van der Waals surface area contributed by atoms with Crippen molar-refractivity contribution < 1.29 is 0 Å². The molecule has 0 bridgehead atoms. The molecule has 0 heterocycles. The fourth-order valence-electron chi connectivity index (χ4n) is 5.39. The maximum atomic E-state index is 2.38. The molecule has 3 aromatic rings. The molecular formula is C36H51P. The molecule has 0 N–H and O–H groups in total. The zero-order chi connectivity index (χ0) is 25.8. The first-order valence-electron chi connectivity index (χ1n) is 15.4. The molecule has 200 valence electrons. The van der Waals surface area contributed by atoms with Crippen LogP contribution < -0.4 is 15.9 Å². The first-order chi connectivity index (χ1) is 18.4. The molecule has 3 aromatic carbocycles. The average molecular weight is 515 g/mol. The Balaban J connectivity index is 1.33. The van der Waals surface area contributed by atoms with E-state index in [-0.39, 0.29) is 0 Å². The molecule has 0 atom stereocenters. The van der Waals surface area contributed by atoms with E-state index in [9.17, 15) is 0 Å². The predicted octanol–water partition coefficient (Wildman–Crippen LogP) is 10.2. The Bertz CT molecular complexity index is 894. The van der Waals surface area contributed by atoms with Gasteiger partial charge in [0.25, 0.3) is 0 Å². The van der Waals surface area contributed by atoms with Gasteiger partial charge in [0.1, 0.15) is 0 Å². The number of benzene rings is 3. The second-order valence-corrected chi connectivity index (χ2v) is 12.9. The topological polar surface area (TPSA) is 0 Å². The minimum absolute atomic E-state index is 0.511. The molecule has 0 saturated heterocycles. The van der Waals surface area contributed by atoms with Crippen LogP contribution in [0.15, 0.2) is 84.9 Å². The summed E-state index contributed by atoms with van der Waals surface area (Å²) in [7, 11) is -0.511. The van der Waals surface area contributed by atoms with E-state index in [1.165, 1.54) is 125 Å². The molecule has 0 aliphatic heterocycles. The highest BCUT2D eigenvalue weighted by atomic mass is 31.1. The van der Waals surface area contributed by atoms with Gasteiger partial charge in [0.15, 0.2) is 0 Å². The Morgan fingerprint density at radius 1 is 0.405 bits per heavy atom. The maximum Gasteiger partial charge on any atom is -0.0119 e. The summed E-state index contributed by atoms with van der Waals surface area (Å²) in [6, 6.07) is 31.5. The zero-order valence-electron chi connectivity index (χ0n) is 23.6. The van der Waals surface area contributed by atoms with Crippen molar-refractivity contribution in [2.45, 2.75) is 116 Å². The van der Waals surface area contributed by atoms with Gasteiger partial charge in [-0.1, -0.05) is 188 Å². The molecule has 0 aromatic heterocycles. The minimum atomic E-state index is -0.511. The summed E-state index contributed by atoms with van der Waals surface area (Å²) in [4.78, 5) is 0. The molecule has 0 spiro atoms. The van der Waals surface area contributed by atoms with Crippen LogP contribution in [-0.4, -0.2) is 0 Å². The molecule has 0 nitrogen and oxygen atoms in total. The SMILES string of the molecule is CCCCCCCCCCCCCCCCCCc1ccccc1P(c1ccccc1)c1ccccc1. The van der Waals surface area contributed by atoms with Crippen molar-refractivity contribution in [3.05, 3.63) is 90.5 Å². The first-order valence-corrected chi connectivity index (χ1v) is 16.7. The lowest BCUT2D eigenvalue weighted by molar-refractivity contribution is 0.529. The van der Waals surface area contributed by atoms with Gasteiger partial charge in [-0.15, -0.1) is 0 Å². The summed E-state index contributed by atoms with van der Waals surface area (Å²) in [5, 5.41) is 4.43.